The number of primary amides is 1. The SMILES string of the molecule is CC1(C)OOC2(CCC(=NNC(N)=O)CC2)OC1(C)C. The maximum atomic E-state index is 10.6. The van der Waals surface area contributed by atoms with Gasteiger partial charge in [0.15, 0.2) is 0 Å². The molecule has 2 amide bonds. The summed E-state index contributed by atoms with van der Waals surface area (Å²) >= 11 is 0. The van der Waals surface area contributed by atoms with Crippen LogP contribution in [0.4, 0.5) is 4.79 Å². The van der Waals surface area contributed by atoms with E-state index in [2.05, 4.69) is 10.5 Å². The van der Waals surface area contributed by atoms with Gasteiger partial charge in [0.05, 0.1) is 5.60 Å². The lowest BCUT2D eigenvalue weighted by Crippen LogP contribution is -2.61. The van der Waals surface area contributed by atoms with Crippen molar-refractivity contribution in [2.75, 3.05) is 0 Å². The Morgan fingerprint density at radius 1 is 1.15 bits per heavy atom. The number of nitrogens with one attached hydrogen (secondary N) is 1. The first kappa shape index (κ1) is 15.2. The van der Waals surface area contributed by atoms with E-state index >= 15 is 0 Å². The normalized spacial score (nSPS) is 31.9. The number of hydrogen-bond donors (Lipinski definition) is 2. The summed E-state index contributed by atoms with van der Waals surface area (Å²) in [7, 11) is 0. The average Bonchev–Trinajstić information content (AvgIpc) is 2.34. The number of carbonyl (C=O) groups is 1. The van der Waals surface area contributed by atoms with Gasteiger partial charge in [0.2, 0.25) is 5.79 Å². The zero-order valence-electron chi connectivity index (χ0n) is 12.5. The molecule has 2 fully saturated rings. The lowest BCUT2D eigenvalue weighted by molar-refractivity contribution is -0.542. The number of ether oxygens (including phenoxy) is 1. The summed E-state index contributed by atoms with van der Waals surface area (Å²) < 4.78 is 6.18. The van der Waals surface area contributed by atoms with Gasteiger partial charge in [-0.1, -0.05) is 0 Å². The highest BCUT2D eigenvalue weighted by atomic mass is 17.3. The van der Waals surface area contributed by atoms with Gasteiger partial charge >= 0.3 is 6.03 Å². The van der Waals surface area contributed by atoms with Crippen LogP contribution in [0.1, 0.15) is 53.4 Å². The van der Waals surface area contributed by atoms with E-state index in [4.69, 9.17) is 20.2 Å². The molecule has 1 aliphatic heterocycles. The zero-order chi connectivity index (χ0) is 15.0. The van der Waals surface area contributed by atoms with Crippen LogP contribution in [0, 0.1) is 0 Å². The number of nitrogens with zero attached hydrogens (tertiary/aromatic N) is 1. The molecule has 2 aliphatic rings. The Morgan fingerprint density at radius 3 is 2.25 bits per heavy atom. The molecule has 1 heterocycles. The van der Waals surface area contributed by atoms with Crippen molar-refractivity contribution in [1.29, 1.82) is 0 Å². The molecule has 0 aromatic rings. The van der Waals surface area contributed by atoms with Gasteiger partial charge in [-0.3, -0.25) is 0 Å². The third-order valence-electron chi connectivity index (χ3n) is 4.21. The number of carbonyl (C=O) groups excluding carboxylic acids is 1. The van der Waals surface area contributed by atoms with Crippen LogP contribution in [0.2, 0.25) is 0 Å². The predicted molar refractivity (Wildman–Crippen MR) is 72.8 cm³/mol. The first-order chi connectivity index (χ1) is 9.16. The molecule has 0 atom stereocenters. The third kappa shape index (κ3) is 2.94. The molecular formula is C13H23N3O4. The predicted octanol–water partition coefficient (Wildman–Crippen LogP) is 1.82. The van der Waals surface area contributed by atoms with Crippen molar-refractivity contribution in [3.05, 3.63) is 0 Å². The third-order valence-corrected chi connectivity index (χ3v) is 4.21. The highest BCUT2D eigenvalue weighted by Gasteiger charge is 2.54. The Morgan fingerprint density at radius 2 is 1.75 bits per heavy atom. The molecule has 1 spiro atoms. The fourth-order valence-electron chi connectivity index (χ4n) is 2.24. The van der Waals surface area contributed by atoms with Crippen molar-refractivity contribution in [1.82, 2.24) is 5.43 Å². The fraction of sp³-hybridized carbons (Fsp3) is 0.846. The second-order valence-electron chi connectivity index (χ2n) is 6.35. The summed E-state index contributed by atoms with van der Waals surface area (Å²) in [5, 5.41) is 3.97. The van der Waals surface area contributed by atoms with E-state index in [0.29, 0.717) is 25.7 Å². The van der Waals surface area contributed by atoms with Crippen molar-refractivity contribution in [3.63, 3.8) is 0 Å². The molecular weight excluding hydrogens is 262 g/mol. The van der Waals surface area contributed by atoms with Gasteiger partial charge in [0.25, 0.3) is 0 Å². The number of rotatable bonds is 1. The number of hydrazone groups is 1. The molecule has 0 aromatic carbocycles. The van der Waals surface area contributed by atoms with Gasteiger partial charge in [-0.25, -0.2) is 20.0 Å². The zero-order valence-corrected chi connectivity index (χ0v) is 12.5. The van der Waals surface area contributed by atoms with Gasteiger partial charge in [-0.15, -0.1) is 0 Å². The van der Waals surface area contributed by atoms with Crippen molar-refractivity contribution >= 4 is 11.7 Å². The van der Waals surface area contributed by atoms with E-state index in [1.54, 1.807) is 0 Å². The van der Waals surface area contributed by atoms with Crippen molar-refractivity contribution in [2.24, 2.45) is 10.8 Å². The van der Waals surface area contributed by atoms with E-state index < -0.39 is 23.0 Å². The minimum atomic E-state index is -0.731. The van der Waals surface area contributed by atoms with Crippen LogP contribution in [0.3, 0.4) is 0 Å². The fourth-order valence-corrected chi connectivity index (χ4v) is 2.24. The van der Waals surface area contributed by atoms with E-state index in [1.807, 2.05) is 27.7 Å². The highest BCUT2D eigenvalue weighted by molar-refractivity contribution is 5.86. The summed E-state index contributed by atoms with van der Waals surface area (Å²) in [6.07, 6.45) is 2.60. The van der Waals surface area contributed by atoms with Gasteiger partial charge in [0.1, 0.15) is 5.60 Å². The molecule has 1 saturated carbocycles. The van der Waals surface area contributed by atoms with Gasteiger partial charge in [-0.2, -0.15) is 5.10 Å². The van der Waals surface area contributed by atoms with E-state index in [0.717, 1.165) is 5.71 Å². The van der Waals surface area contributed by atoms with Crippen LogP contribution in [-0.4, -0.2) is 28.7 Å². The van der Waals surface area contributed by atoms with Gasteiger partial charge < -0.3 is 10.5 Å². The molecule has 0 aromatic heterocycles. The maximum Gasteiger partial charge on any atom is 0.332 e. The van der Waals surface area contributed by atoms with E-state index in [9.17, 15) is 4.79 Å². The second-order valence-corrected chi connectivity index (χ2v) is 6.35. The molecule has 0 bridgehead atoms. The van der Waals surface area contributed by atoms with Crippen LogP contribution in [0.5, 0.6) is 0 Å². The summed E-state index contributed by atoms with van der Waals surface area (Å²) in [4.78, 5) is 21.7. The van der Waals surface area contributed by atoms with Crippen LogP contribution in [0.15, 0.2) is 5.10 Å². The molecule has 2 rings (SSSR count). The number of hydrogen-bond acceptors (Lipinski definition) is 5. The van der Waals surface area contributed by atoms with Gasteiger partial charge in [-0.05, 0) is 40.5 Å². The molecule has 0 unspecified atom stereocenters. The van der Waals surface area contributed by atoms with Crippen molar-refractivity contribution in [3.8, 4) is 0 Å². The lowest BCUT2D eigenvalue weighted by Gasteiger charge is -2.52. The highest BCUT2D eigenvalue weighted by Crippen LogP contribution is 2.45. The average molecular weight is 285 g/mol. The Kier molecular flexibility index (Phi) is 3.79. The standard InChI is InChI=1S/C13H23N3O4/c1-11(2)12(3,4)19-20-13(18-11)7-5-9(6-8-13)15-16-10(14)17/h5-8H2,1-4H3,(H3,14,16,17). The number of urea groups is 1. The topological polar surface area (TPSA) is 95.2 Å². The second kappa shape index (κ2) is 4.98. The summed E-state index contributed by atoms with van der Waals surface area (Å²) in [6.45, 7) is 7.86. The first-order valence-electron chi connectivity index (χ1n) is 6.84. The Bertz CT molecular complexity index is 421. The van der Waals surface area contributed by atoms with E-state index in [1.165, 1.54) is 0 Å². The largest absolute Gasteiger partial charge is 0.350 e. The quantitative estimate of drug-likeness (QED) is 0.567. The summed E-state index contributed by atoms with van der Waals surface area (Å²) in [6, 6.07) is -0.658. The molecule has 114 valence electrons. The van der Waals surface area contributed by atoms with Crippen molar-refractivity contribution in [2.45, 2.75) is 70.4 Å². The smallest absolute Gasteiger partial charge is 0.332 e. The van der Waals surface area contributed by atoms with Crippen LogP contribution in [0.25, 0.3) is 0 Å². The lowest BCUT2D eigenvalue weighted by atomic mass is 9.86. The Balaban J connectivity index is 2.00. The molecule has 7 nitrogen and oxygen atoms in total. The minimum absolute atomic E-state index is 0.453. The molecule has 1 aliphatic carbocycles. The summed E-state index contributed by atoms with van der Waals surface area (Å²) in [5.41, 5.74) is 7.15. The van der Waals surface area contributed by atoms with Gasteiger partial charge in [0, 0.05) is 18.6 Å². The molecule has 7 heteroatoms. The first-order valence-corrected chi connectivity index (χ1v) is 6.84. The van der Waals surface area contributed by atoms with Crippen molar-refractivity contribution < 1.29 is 19.3 Å². The van der Waals surface area contributed by atoms with Crippen LogP contribution >= 0.6 is 0 Å². The molecule has 20 heavy (non-hydrogen) atoms. The molecule has 0 radical (unpaired) electrons. The molecule has 1 saturated heterocycles. The minimum Gasteiger partial charge on any atom is -0.350 e. The molecule has 3 N–H and O–H groups in total. The van der Waals surface area contributed by atoms with Crippen LogP contribution < -0.4 is 11.2 Å². The van der Waals surface area contributed by atoms with E-state index in [-0.39, 0.29) is 0 Å². The Labute approximate surface area is 118 Å². The Hall–Kier alpha value is -1.18. The number of amides is 2. The monoisotopic (exact) mass is 285 g/mol. The number of nitrogens with two attached hydrogens (primary N) is 1. The summed E-state index contributed by atoms with van der Waals surface area (Å²) in [5.74, 6) is -0.731. The van der Waals surface area contributed by atoms with Crippen LogP contribution in [-0.2, 0) is 14.5 Å². The maximum absolute atomic E-state index is 10.6.